The fourth-order valence-electron chi connectivity index (χ4n) is 1.93. The van der Waals surface area contributed by atoms with Crippen LogP contribution in [0.15, 0.2) is 30.5 Å². The van der Waals surface area contributed by atoms with Crippen LogP contribution in [0, 0.1) is 5.41 Å². The maximum Gasteiger partial charge on any atom is 0.0761 e. The van der Waals surface area contributed by atoms with Crippen LogP contribution in [0.3, 0.4) is 0 Å². The second-order valence-electron chi connectivity index (χ2n) is 5.53. The van der Waals surface area contributed by atoms with E-state index in [1.807, 2.05) is 38.1 Å². The zero-order valence-corrected chi connectivity index (χ0v) is 12.0. The number of hydrogen-bond donors (Lipinski definition) is 2. The van der Waals surface area contributed by atoms with Gasteiger partial charge < -0.3 is 10.4 Å². The van der Waals surface area contributed by atoms with E-state index >= 15 is 0 Å². The Morgan fingerprint density at radius 1 is 1.32 bits per heavy atom. The fourth-order valence-corrected chi connectivity index (χ4v) is 2.15. The molecule has 0 amide bonds. The minimum Gasteiger partial charge on any atom is -0.396 e. The Hall–Kier alpha value is -1.16. The van der Waals surface area contributed by atoms with Crippen molar-refractivity contribution < 1.29 is 5.11 Å². The molecule has 0 saturated heterocycles. The van der Waals surface area contributed by atoms with Crippen molar-refractivity contribution in [2.75, 3.05) is 13.2 Å². The Balaban J connectivity index is 2.16. The lowest BCUT2D eigenvalue weighted by molar-refractivity contribution is 0.157. The normalized spacial score (nSPS) is 12.0. The van der Waals surface area contributed by atoms with Crippen molar-refractivity contribution in [2.45, 2.75) is 20.4 Å². The van der Waals surface area contributed by atoms with E-state index in [-0.39, 0.29) is 12.0 Å². The number of aliphatic hydroxyl groups is 1. The molecule has 0 bridgehead atoms. The molecular weight excluding hydrogens is 260 g/mol. The number of fused-ring (bicyclic) bond motifs is 1. The van der Waals surface area contributed by atoms with Gasteiger partial charge in [-0.1, -0.05) is 31.5 Å². The lowest BCUT2D eigenvalue weighted by Gasteiger charge is -2.22. The second kappa shape index (κ2) is 5.87. The van der Waals surface area contributed by atoms with E-state index in [4.69, 9.17) is 11.6 Å². The average Bonchev–Trinajstić information content (AvgIpc) is 2.42. The molecule has 1 aromatic carbocycles. The van der Waals surface area contributed by atoms with E-state index in [1.54, 1.807) is 6.20 Å². The summed E-state index contributed by atoms with van der Waals surface area (Å²) in [6, 6.07) is 7.77. The van der Waals surface area contributed by atoms with Gasteiger partial charge in [-0.2, -0.15) is 0 Å². The van der Waals surface area contributed by atoms with Gasteiger partial charge in [0.2, 0.25) is 0 Å². The zero-order chi connectivity index (χ0) is 13.9. The number of rotatable bonds is 5. The summed E-state index contributed by atoms with van der Waals surface area (Å²) in [5.41, 5.74) is 1.94. The van der Waals surface area contributed by atoms with E-state index in [1.165, 1.54) is 0 Å². The van der Waals surface area contributed by atoms with Gasteiger partial charge in [-0.25, -0.2) is 0 Å². The summed E-state index contributed by atoms with van der Waals surface area (Å²) in [4.78, 5) is 4.40. The molecule has 2 rings (SSSR count). The topological polar surface area (TPSA) is 45.1 Å². The minimum atomic E-state index is -0.115. The number of halogens is 1. The number of hydrogen-bond acceptors (Lipinski definition) is 3. The van der Waals surface area contributed by atoms with Crippen molar-refractivity contribution in [2.24, 2.45) is 5.41 Å². The summed E-state index contributed by atoms with van der Waals surface area (Å²) in [6.07, 6.45) is 1.78. The molecule has 102 valence electrons. The molecule has 1 heterocycles. The summed E-state index contributed by atoms with van der Waals surface area (Å²) in [5, 5.41) is 14.3. The standard InChI is InChI=1S/C15H19ClN2O/c1-15(2,10-19)9-17-8-11-5-6-13(16)12-4-3-7-18-14(11)12/h3-7,17,19H,8-10H2,1-2H3. The molecule has 0 radical (unpaired) electrons. The first-order chi connectivity index (χ1) is 9.03. The van der Waals surface area contributed by atoms with E-state index in [2.05, 4.69) is 10.3 Å². The van der Waals surface area contributed by atoms with E-state index in [0.29, 0.717) is 6.54 Å². The highest BCUT2D eigenvalue weighted by Gasteiger charge is 2.15. The molecule has 0 unspecified atom stereocenters. The van der Waals surface area contributed by atoms with Crippen molar-refractivity contribution in [3.8, 4) is 0 Å². The van der Waals surface area contributed by atoms with E-state index in [9.17, 15) is 5.11 Å². The number of nitrogens with zero attached hydrogens (tertiary/aromatic N) is 1. The van der Waals surface area contributed by atoms with Crippen LogP contribution in [0.25, 0.3) is 10.9 Å². The lowest BCUT2D eigenvalue weighted by atomic mass is 9.95. The van der Waals surface area contributed by atoms with Crippen LogP contribution < -0.4 is 5.32 Å². The molecule has 0 saturated carbocycles. The molecule has 4 heteroatoms. The fraction of sp³-hybridized carbons (Fsp3) is 0.400. The van der Waals surface area contributed by atoms with Gasteiger partial charge in [0.25, 0.3) is 0 Å². The Labute approximate surface area is 118 Å². The molecule has 0 atom stereocenters. The third kappa shape index (κ3) is 3.44. The highest BCUT2D eigenvalue weighted by atomic mass is 35.5. The summed E-state index contributed by atoms with van der Waals surface area (Å²) >= 11 is 6.16. The van der Waals surface area contributed by atoms with Crippen molar-refractivity contribution in [1.29, 1.82) is 0 Å². The number of aromatic nitrogens is 1. The minimum absolute atomic E-state index is 0.115. The molecule has 19 heavy (non-hydrogen) atoms. The predicted molar refractivity (Wildman–Crippen MR) is 79.3 cm³/mol. The monoisotopic (exact) mass is 278 g/mol. The van der Waals surface area contributed by atoms with Gasteiger partial charge in [0.05, 0.1) is 5.52 Å². The summed E-state index contributed by atoms with van der Waals surface area (Å²) in [5.74, 6) is 0. The van der Waals surface area contributed by atoms with E-state index in [0.717, 1.165) is 28.0 Å². The highest BCUT2D eigenvalue weighted by Crippen LogP contribution is 2.24. The number of benzene rings is 1. The third-order valence-corrected chi connectivity index (χ3v) is 3.48. The molecule has 0 aliphatic rings. The summed E-state index contributed by atoms with van der Waals surface area (Å²) in [7, 11) is 0. The van der Waals surface area contributed by atoms with Gasteiger partial charge in [0.1, 0.15) is 0 Å². The third-order valence-electron chi connectivity index (χ3n) is 3.15. The first-order valence-corrected chi connectivity index (χ1v) is 6.75. The van der Waals surface area contributed by atoms with Crippen LogP contribution >= 0.6 is 11.6 Å². The van der Waals surface area contributed by atoms with Crippen molar-refractivity contribution in [3.05, 3.63) is 41.0 Å². The molecule has 3 nitrogen and oxygen atoms in total. The van der Waals surface area contributed by atoms with Gasteiger partial charge in [-0.15, -0.1) is 0 Å². The van der Waals surface area contributed by atoms with Crippen LogP contribution in [0.5, 0.6) is 0 Å². The number of nitrogens with one attached hydrogen (secondary N) is 1. The molecule has 0 spiro atoms. The van der Waals surface area contributed by atoms with Crippen molar-refractivity contribution >= 4 is 22.5 Å². The quantitative estimate of drug-likeness (QED) is 0.884. The Morgan fingerprint density at radius 3 is 2.84 bits per heavy atom. The maximum atomic E-state index is 9.23. The molecule has 0 fully saturated rings. The van der Waals surface area contributed by atoms with Crippen LogP contribution in [-0.2, 0) is 6.54 Å². The first kappa shape index (κ1) is 14.3. The molecule has 1 aromatic heterocycles. The molecule has 2 N–H and O–H groups in total. The molecule has 0 aliphatic carbocycles. The van der Waals surface area contributed by atoms with Gasteiger partial charge in [-0.05, 0) is 23.8 Å². The summed E-state index contributed by atoms with van der Waals surface area (Å²) in [6.45, 7) is 5.69. The van der Waals surface area contributed by atoms with Crippen molar-refractivity contribution in [3.63, 3.8) is 0 Å². The molecule has 2 aromatic rings. The van der Waals surface area contributed by atoms with E-state index < -0.39 is 0 Å². The SMILES string of the molecule is CC(C)(CO)CNCc1ccc(Cl)c2cccnc12. The zero-order valence-electron chi connectivity index (χ0n) is 11.3. The number of aliphatic hydroxyl groups excluding tert-OH is 1. The summed E-state index contributed by atoms with van der Waals surface area (Å²) < 4.78 is 0. The Bertz CT molecular complexity index is 569. The smallest absolute Gasteiger partial charge is 0.0761 e. The van der Waals surface area contributed by atoms with Crippen LogP contribution in [0.2, 0.25) is 5.02 Å². The largest absolute Gasteiger partial charge is 0.396 e. The maximum absolute atomic E-state index is 9.23. The Morgan fingerprint density at radius 2 is 2.11 bits per heavy atom. The van der Waals surface area contributed by atoms with Gasteiger partial charge in [0.15, 0.2) is 0 Å². The van der Waals surface area contributed by atoms with Crippen LogP contribution in [0.4, 0.5) is 0 Å². The van der Waals surface area contributed by atoms with Crippen molar-refractivity contribution in [1.82, 2.24) is 10.3 Å². The van der Waals surface area contributed by atoms with Gasteiger partial charge in [-0.3, -0.25) is 4.98 Å². The van der Waals surface area contributed by atoms with Crippen LogP contribution in [0.1, 0.15) is 19.4 Å². The Kier molecular flexibility index (Phi) is 4.40. The lowest BCUT2D eigenvalue weighted by Crippen LogP contribution is -2.31. The van der Waals surface area contributed by atoms with Gasteiger partial charge >= 0.3 is 0 Å². The first-order valence-electron chi connectivity index (χ1n) is 6.37. The van der Waals surface area contributed by atoms with Crippen LogP contribution in [-0.4, -0.2) is 23.2 Å². The molecular formula is C15H19ClN2O. The average molecular weight is 279 g/mol. The van der Waals surface area contributed by atoms with Gasteiger partial charge in [0, 0.05) is 41.7 Å². The second-order valence-corrected chi connectivity index (χ2v) is 5.94. The number of pyridine rings is 1. The predicted octanol–water partition coefficient (Wildman–Crippen LogP) is 3.00. The molecule has 0 aliphatic heterocycles. The highest BCUT2D eigenvalue weighted by molar-refractivity contribution is 6.35.